The summed E-state index contributed by atoms with van der Waals surface area (Å²) in [6.07, 6.45) is 4.63. The predicted molar refractivity (Wildman–Crippen MR) is 47.1 cm³/mol. The molecule has 0 aromatic rings. The van der Waals surface area contributed by atoms with Crippen LogP contribution < -0.4 is 5.32 Å². The number of carboxylic acids is 1. The minimum Gasteiger partial charge on any atom is -0.480 e. The van der Waals surface area contributed by atoms with Gasteiger partial charge in [0.05, 0.1) is 0 Å². The van der Waals surface area contributed by atoms with Gasteiger partial charge in [-0.1, -0.05) is 19.8 Å². The molecule has 1 fully saturated rings. The van der Waals surface area contributed by atoms with Crippen molar-refractivity contribution in [1.82, 2.24) is 5.32 Å². The van der Waals surface area contributed by atoms with Crippen LogP contribution in [0.5, 0.6) is 0 Å². The molecule has 0 aliphatic carbocycles. The van der Waals surface area contributed by atoms with Gasteiger partial charge in [0.2, 0.25) is 0 Å². The molecule has 1 aliphatic rings. The van der Waals surface area contributed by atoms with Crippen molar-refractivity contribution in [2.75, 3.05) is 6.54 Å². The average Bonchev–Trinajstić information content (AvgIpc) is 2.50. The predicted octanol–water partition coefficient (Wildman–Crippen LogP) is 1.38. The molecule has 0 aromatic carbocycles. The van der Waals surface area contributed by atoms with Crippen LogP contribution in [0.4, 0.5) is 0 Å². The third-order valence-electron chi connectivity index (χ3n) is 2.61. The van der Waals surface area contributed by atoms with E-state index in [1.807, 2.05) is 0 Å². The Bertz CT molecular complexity index is 162. The first-order valence-corrected chi connectivity index (χ1v) is 4.70. The zero-order chi connectivity index (χ0) is 9.03. The zero-order valence-corrected chi connectivity index (χ0v) is 7.60. The number of unbranched alkanes of at least 4 members (excludes halogenated alkanes) is 1. The van der Waals surface area contributed by atoms with E-state index >= 15 is 0 Å². The summed E-state index contributed by atoms with van der Waals surface area (Å²) in [6.45, 7) is 2.94. The van der Waals surface area contributed by atoms with E-state index in [1.165, 1.54) is 0 Å². The molecule has 2 N–H and O–H groups in total. The van der Waals surface area contributed by atoms with Gasteiger partial charge in [-0.2, -0.15) is 0 Å². The summed E-state index contributed by atoms with van der Waals surface area (Å²) in [7, 11) is 0. The van der Waals surface area contributed by atoms with Crippen molar-refractivity contribution in [3.05, 3.63) is 0 Å². The minimum absolute atomic E-state index is 0.587. The van der Waals surface area contributed by atoms with Gasteiger partial charge in [0.1, 0.15) is 5.54 Å². The van der Waals surface area contributed by atoms with Crippen LogP contribution in [0.25, 0.3) is 0 Å². The van der Waals surface area contributed by atoms with Crippen LogP contribution in [0.3, 0.4) is 0 Å². The number of hydrogen-bond donors (Lipinski definition) is 2. The van der Waals surface area contributed by atoms with Crippen molar-refractivity contribution in [1.29, 1.82) is 0 Å². The van der Waals surface area contributed by atoms with Crippen molar-refractivity contribution in [3.63, 3.8) is 0 Å². The standard InChI is InChI=1S/C9H17NO2/c1-2-3-5-9(8(11)12)6-4-7-10-9/h10H,2-7H2,1H3,(H,11,12). The molecule has 1 saturated heterocycles. The maximum atomic E-state index is 11.0. The molecule has 0 bridgehead atoms. The lowest BCUT2D eigenvalue weighted by molar-refractivity contribution is -0.144. The van der Waals surface area contributed by atoms with E-state index in [1.54, 1.807) is 0 Å². The summed E-state index contributed by atoms with van der Waals surface area (Å²) in [4.78, 5) is 11.0. The van der Waals surface area contributed by atoms with Gasteiger partial charge in [-0.15, -0.1) is 0 Å². The van der Waals surface area contributed by atoms with E-state index in [-0.39, 0.29) is 0 Å². The minimum atomic E-state index is -0.673. The van der Waals surface area contributed by atoms with Gasteiger partial charge in [0.15, 0.2) is 0 Å². The second kappa shape index (κ2) is 3.90. The third-order valence-corrected chi connectivity index (χ3v) is 2.61. The highest BCUT2D eigenvalue weighted by molar-refractivity contribution is 5.79. The maximum absolute atomic E-state index is 11.0. The van der Waals surface area contributed by atoms with Crippen LogP contribution in [0, 0.1) is 0 Å². The fraction of sp³-hybridized carbons (Fsp3) is 0.889. The molecule has 0 aromatic heterocycles. The molecule has 12 heavy (non-hydrogen) atoms. The van der Waals surface area contributed by atoms with Crippen LogP contribution >= 0.6 is 0 Å². The van der Waals surface area contributed by atoms with Crippen LogP contribution in [0.1, 0.15) is 39.0 Å². The van der Waals surface area contributed by atoms with Gasteiger partial charge in [0, 0.05) is 0 Å². The van der Waals surface area contributed by atoms with Gasteiger partial charge in [0.25, 0.3) is 0 Å². The van der Waals surface area contributed by atoms with Gasteiger partial charge in [-0.3, -0.25) is 4.79 Å². The number of rotatable bonds is 4. The first-order chi connectivity index (χ1) is 5.71. The molecule has 0 amide bonds. The molecule has 0 saturated carbocycles. The second-order valence-electron chi connectivity index (χ2n) is 3.52. The van der Waals surface area contributed by atoms with Crippen molar-refractivity contribution in [2.45, 2.75) is 44.6 Å². The number of carbonyl (C=O) groups is 1. The number of nitrogens with one attached hydrogen (secondary N) is 1. The van der Waals surface area contributed by atoms with Crippen LogP contribution in [0.15, 0.2) is 0 Å². The Kier molecular flexibility index (Phi) is 3.09. The highest BCUT2D eigenvalue weighted by atomic mass is 16.4. The summed E-state index contributed by atoms with van der Waals surface area (Å²) in [5.74, 6) is -0.673. The van der Waals surface area contributed by atoms with Gasteiger partial charge in [-0.05, 0) is 25.8 Å². The first kappa shape index (κ1) is 9.52. The highest BCUT2D eigenvalue weighted by Gasteiger charge is 2.39. The van der Waals surface area contributed by atoms with Gasteiger partial charge in [-0.25, -0.2) is 0 Å². The van der Waals surface area contributed by atoms with Crippen molar-refractivity contribution < 1.29 is 9.90 Å². The molecule has 1 heterocycles. The van der Waals surface area contributed by atoms with Crippen molar-refractivity contribution in [3.8, 4) is 0 Å². The molecule has 70 valence electrons. The van der Waals surface area contributed by atoms with E-state index < -0.39 is 11.5 Å². The normalized spacial score (nSPS) is 29.1. The van der Waals surface area contributed by atoms with Crippen molar-refractivity contribution in [2.24, 2.45) is 0 Å². The van der Waals surface area contributed by atoms with Gasteiger partial charge >= 0.3 is 5.97 Å². The Labute approximate surface area is 73.2 Å². The Morgan fingerprint density at radius 1 is 1.67 bits per heavy atom. The molecule has 1 atom stereocenters. The Morgan fingerprint density at radius 2 is 2.42 bits per heavy atom. The summed E-state index contributed by atoms with van der Waals surface area (Å²) in [6, 6.07) is 0. The quantitative estimate of drug-likeness (QED) is 0.672. The third kappa shape index (κ3) is 1.78. The fourth-order valence-corrected chi connectivity index (χ4v) is 1.79. The fourth-order valence-electron chi connectivity index (χ4n) is 1.79. The lowest BCUT2D eigenvalue weighted by Gasteiger charge is -2.23. The van der Waals surface area contributed by atoms with Crippen LogP contribution in [-0.2, 0) is 4.79 Å². The monoisotopic (exact) mass is 171 g/mol. The number of aliphatic carboxylic acids is 1. The van der Waals surface area contributed by atoms with Crippen LogP contribution in [0.2, 0.25) is 0 Å². The highest BCUT2D eigenvalue weighted by Crippen LogP contribution is 2.25. The van der Waals surface area contributed by atoms with E-state index in [0.717, 1.165) is 38.6 Å². The summed E-state index contributed by atoms with van der Waals surface area (Å²) >= 11 is 0. The summed E-state index contributed by atoms with van der Waals surface area (Å²) < 4.78 is 0. The maximum Gasteiger partial charge on any atom is 0.323 e. The number of carboxylic acid groups (broad SMARTS) is 1. The van der Waals surface area contributed by atoms with E-state index in [0.29, 0.717) is 0 Å². The molecule has 0 radical (unpaired) electrons. The smallest absolute Gasteiger partial charge is 0.323 e. The molecular formula is C9H17NO2. The largest absolute Gasteiger partial charge is 0.480 e. The molecule has 3 heteroatoms. The Hall–Kier alpha value is -0.570. The number of hydrogen-bond acceptors (Lipinski definition) is 2. The SMILES string of the molecule is CCCCC1(C(=O)O)CCCN1. The molecule has 3 nitrogen and oxygen atoms in total. The summed E-state index contributed by atoms with van der Waals surface area (Å²) in [5.41, 5.74) is -0.587. The van der Waals surface area contributed by atoms with Crippen molar-refractivity contribution >= 4 is 5.97 Å². The topological polar surface area (TPSA) is 49.3 Å². The molecule has 0 spiro atoms. The lowest BCUT2D eigenvalue weighted by atomic mass is 9.91. The average molecular weight is 171 g/mol. The first-order valence-electron chi connectivity index (χ1n) is 4.70. The molecule has 1 unspecified atom stereocenters. The lowest BCUT2D eigenvalue weighted by Crippen LogP contribution is -2.47. The Morgan fingerprint density at radius 3 is 2.83 bits per heavy atom. The van der Waals surface area contributed by atoms with Crippen LogP contribution in [-0.4, -0.2) is 23.2 Å². The molecule has 1 rings (SSSR count). The Balaban J connectivity index is 2.53. The molecule has 1 aliphatic heterocycles. The molecular weight excluding hydrogens is 154 g/mol. The van der Waals surface area contributed by atoms with Gasteiger partial charge < -0.3 is 10.4 Å². The van der Waals surface area contributed by atoms with E-state index in [4.69, 9.17) is 5.11 Å². The second-order valence-corrected chi connectivity index (χ2v) is 3.52. The van der Waals surface area contributed by atoms with E-state index in [2.05, 4.69) is 12.2 Å². The zero-order valence-electron chi connectivity index (χ0n) is 7.60. The summed E-state index contributed by atoms with van der Waals surface area (Å²) in [5, 5.41) is 12.1. The van der Waals surface area contributed by atoms with E-state index in [9.17, 15) is 4.79 Å².